The summed E-state index contributed by atoms with van der Waals surface area (Å²) in [6.07, 6.45) is 0. The minimum atomic E-state index is -1.41. The Morgan fingerprint density at radius 2 is 1.39 bits per heavy atom. The molecule has 6 aromatic rings. The lowest BCUT2D eigenvalue weighted by molar-refractivity contribution is -0.138. The number of carboxylic acids is 1. The van der Waals surface area contributed by atoms with Crippen molar-refractivity contribution in [2.45, 2.75) is 11.8 Å². The molecule has 2 N–H and O–H groups in total. The van der Waals surface area contributed by atoms with Gasteiger partial charge in [0.1, 0.15) is 40.2 Å². The molecule has 5 aromatic carbocycles. The highest BCUT2D eigenvalue weighted by Gasteiger charge is 2.25. The summed E-state index contributed by atoms with van der Waals surface area (Å²) in [5.41, 5.74) is 5.69. The molecule has 220 valence electrons. The van der Waals surface area contributed by atoms with Gasteiger partial charge in [0.25, 0.3) is 5.91 Å². The zero-order valence-electron chi connectivity index (χ0n) is 23.0. The van der Waals surface area contributed by atoms with Crippen molar-refractivity contribution in [3.63, 3.8) is 0 Å². The molecule has 0 saturated carbocycles. The molecule has 0 saturated heterocycles. The Kier molecular flexibility index (Phi) is 8.13. The normalized spacial score (nSPS) is 12.0. The molecule has 0 spiro atoms. The Morgan fingerprint density at radius 3 is 2.07 bits per heavy atom. The standard InChI is InChI=1S/C35H24F3NO4S/c36-24-16-28(37)32(29(38)17-24)34(40)39-30(35(41)42)19-44-18-20-8-10-21(11-9-20)22-12-14-23(15-13-22)25-5-3-6-27-26-4-1-2-7-31(26)43-33(25)27/h1-17,30H,18-19H2,(H,39,40)(H,41,42). The van der Waals surface area contributed by atoms with Crippen LogP contribution in [0.5, 0.6) is 0 Å². The number of para-hydroxylation sites is 2. The monoisotopic (exact) mass is 611 g/mol. The Morgan fingerprint density at radius 1 is 0.773 bits per heavy atom. The molecule has 5 nitrogen and oxygen atoms in total. The van der Waals surface area contributed by atoms with Crippen LogP contribution in [0, 0.1) is 17.5 Å². The summed E-state index contributed by atoms with van der Waals surface area (Å²) in [4.78, 5) is 24.0. The van der Waals surface area contributed by atoms with Gasteiger partial charge in [-0.1, -0.05) is 84.9 Å². The van der Waals surface area contributed by atoms with Gasteiger partial charge in [-0.25, -0.2) is 18.0 Å². The first-order valence-corrected chi connectivity index (χ1v) is 14.8. The van der Waals surface area contributed by atoms with E-state index in [1.54, 1.807) is 0 Å². The third kappa shape index (κ3) is 5.91. The van der Waals surface area contributed by atoms with Gasteiger partial charge in [0, 0.05) is 40.0 Å². The van der Waals surface area contributed by atoms with Gasteiger partial charge in [-0.2, -0.15) is 11.8 Å². The maximum absolute atomic E-state index is 13.9. The van der Waals surface area contributed by atoms with Crippen molar-refractivity contribution in [2.24, 2.45) is 0 Å². The highest BCUT2D eigenvalue weighted by molar-refractivity contribution is 7.98. The van der Waals surface area contributed by atoms with Crippen LogP contribution in [0.1, 0.15) is 15.9 Å². The summed E-state index contributed by atoms with van der Waals surface area (Å²) in [5.74, 6) is -6.22. The van der Waals surface area contributed by atoms with Crippen molar-refractivity contribution < 1.29 is 32.3 Å². The summed E-state index contributed by atoms with van der Waals surface area (Å²) in [5, 5.41) is 13.8. The molecule has 9 heteroatoms. The number of carbonyl (C=O) groups excluding carboxylic acids is 1. The number of amides is 1. The predicted molar refractivity (Wildman–Crippen MR) is 166 cm³/mol. The van der Waals surface area contributed by atoms with E-state index in [1.165, 1.54) is 11.8 Å². The van der Waals surface area contributed by atoms with Crippen LogP contribution >= 0.6 is 11.8 Å². The first-order chi connectivity index (χ1) is 21.3. The molecule has 1 aromatic heterocycles. The SMILES string of the molecule is O=C(NC(CSCc1ccc(-c2ccc(-c3cccc4c3oc3ccccc34)cc2)cc1)C(=O)O)c1c(F)cc(F)cc1F. The highest BCUT2D eigenvalue weighted by atomic mass is 32.2. The van der Waals surface area contributed by atoms with Crippen LogP contribution in [0.25, 0.3) is 44.2 Å². The summed E-state index contributed by atoms with van der Waals surface area (Å²) < 4.78 is 47.2. The molecule has 0 radical (unpaired) electrons. The van der Waals surface area contributed by atoms with Crippen LogP contribution in [0.3, 0.4) is 0 Å². The van der Waals surface area contributed by atoms with E-state index < -0.39 is 40.9 Å². The van der Waals surface area contributed by atoms with Crippen molar-refractivity contribution >= 4 is 45.6 Å². The molecule has 1 amide bonds. The molecule has 6 rings (SSSR count). The topological polar surface area (TPSA) is 79.5 Å². The summed E-state index contributed by atoms with van der Waals surface area (Å²) in [6.45, 7) is 0. The van der Waals surface area contributed by atoms with E-state index in [0.29, 0.717) is 17.9 Å². The number of benzene rings is 5. The first-order valence-electron chi connectivity index (χ1n) is 13.6. The molecule has 1 heterocycles. The van der Waals surface area contributed by atoms with E-state index in [0.717, 1.165) is 49.8 Å². The average Bonchev–Trinajstić information content (AvgIpc) is 3.39. The lowest BCUT2D eigenvalue weighted by Crippen LogP contribution is -2.43. The van der Waals surface area contributed by atoms with E-state index in [1.807, 2.05) is 66.7 Å². The molecular weight excluding hydrogens is 587 g/mol. The minimum absolute atomic E-state index is 0.0489. The van der Waals surface area contributed by atoms with Crippen LogP contribution in [0.4, 0.5) is 13.2 Å². The predicted octanol–water partition coefficient (Wildman–Crippen LogP) is 8.45. The number of nitrogens with one attached hydrogen (secondary N) is 1. The number of furan rings is 1. The molecule has 0 aliphatic heterocycles. The first kappa shape index (κ1) is 29.1. The van der Waals surface area contributed by atoms with Gasteiger partial charge in [0.2, 0.25) is 0 Å². The second-order valence-corrected chi connectivity index (χ2v) is 11.2. The fourth-order valence-electron chi connectivity index (χ4n) is 5.07. The van der Waals surface area contributed by atoms with Gasteiger partial charge in [-0.3, -0.25) is 4.79 Å². The van der Waals surface area contributed by atoms with Crippen LogP contribution in [0.2, 0.25) is 0 Å². The fourth-order valence-corrected chi connectivity index (χ4v) is 6.08. The van der Waals surface area contributed by atoms with E-state index in [9.17, 15) is 27.9 Å². The number of thioether (sulfide) groups is 1. The van der Waals surface area contributed by atoms with Gasteiger partial charge in [-0.15, -0.1) is 0 Å². The van der Waals surface area contributed by atoms with E-state index in [2.05, 4.69) is 29.6 Å². The van der Waals surface area contributed by atoms with Crippen molar-refractivity contribution in [1.29, 1.82) is 0 Å². The minimum Gasteiger partial charge on any atom is -0.480 e. The maximum Gasteiger partial charge on any atom is 0.327 e. The second kappa shape index (κ2) is 12.3. The number of rotatable bonds is 9. The van der Waals surface area contributed by atoms with Crippen LogP contribution in [-0.4, -0.2) is 28.8 Å². The molecule has 44 heavy (non-hydrogen) atoms. The van der Waals surface area contributed by atoms with Crippen LogP contribution < -0.4 is 5.32 Å². The summed E-state index contributed by atoms with van der Waals surface area (Å²) in [6, 6.07) is 29.5. The molecule has 0 aliphatic carbocycles. The number of carboxylic acid groups (broad SMARTS) is 1. The fraction of sp³-hybridized carbons (Fsp3) is 0.0857. The Hall–Kier alpha value is -5.02. The molecule has 0 bridgehead atoms. The van der Waals surface area contributed by atoms with E-state index >= 15 is 0 Å². The quantitative estimate of drug-likeness (QED) is 0.172. The van der Waals surface area contributed by atoms with E-state index in [-0.39, 0.29) is 5.75 Å². The number of carbonyl (C=O) groups is 2. The zero-order valence-corrected chi connectivity index (χ0v) is 23.8. The van der Waals surface area contributed by atoms with Gasteiger partial charge in [0.15, 0.2) is 0 Å². The third-order valence-electron chi connectivity index (χ3n) is 7.28. The molecule has 0 aliphatic rings. The van der Waals surface area contributed by atoms with Gasteiger partial charge >= 0.3 is 5.97 Å². The Labute approximate surface area is 254 Å². The second-order valence-electron chi connectivity index (χ2n) is 10.2. The Balaban J connectivity index is 1.09. The molecule has 0 fully saturated rings. The van der Waals surface area contributed by atoms with Crippen molar-refractivity contribution in [3.05, 3.63) is 132 Å². The van der Waals surface area contributed by atoms with Gasteiger partial charge in [-0.05, 0) is 28.3 Å². The number of aliphatic carboxylic acids is 1. The summed E-state index contributed by atoms with van der Waals surface area (Å²) in [7, 11) is 0. The Bertz CT molecular complexity index is 1980. The zero-order chi connectivity index (χ0) is 30.8. The van der Waals surface area contributed by atoms with Crippen molar-refractivity contribution in [1.82, 2.24) is 5.32 Å². The van der Waals surface area contributed by atoms with Gasteiger partial charge < -0.3 is 14.8 Å². The number of halogens is 3. The molecule has 1 unspecified atom stereocenters. The maximum atomic E-state index is 13.9. The largest absolute Gasteiger partial charge is 0.480 e. The number of hydrogen-bond donors (Lipinski definition) is 2. The summed E-state index contributed by atoms with van der Waals surface area (Å²) >= 11 is 1.24. The smallest absolute Gasteiger partial charge is 0.327 e. The van der Waals surface area contributed by atoms with Crippen LogP contribution in [-0.2, 0) is 10.5 Å². The van der Waals surface area contributed by atoms with E-state index in [4.69, 9.17) is 4.42 Å². The van der Waals surface area contributed by atoms with Gasteiger partial charge in [0.05, 0.1) is 0 Å². The highest BCUT2D eigenvalue weighted by Crippen LogP contribution is 2.36. The number of fused-ring (bicyclic) bond motifs is 3. The lowest BCUT2D eigenvalue weighted by Gasteiger charge is -2.15. The third-order valence-corrected chi connectivity index (χ3v) is 8.38. The molecular formula is C35H24F3NO4S. The van der Waals surface area contributed by atoms with Crippen LogP contribution in [0.15, 0.2) is 108 Å². The number of hydrogen-bond acceptors (Lipinski definition) is 4. The molecule has 1 atom stereocenters. The van der Waals surface area contributed by atoms with Crippen molar-refractivity contribution in [3.8, 4) is 22.3 Å². The average molecular weight is 612 g/mol. The lowest BCUT2D eigenvalue weighted by atomic mass is 9.98. The van der Waals surface area contributed by atoms with Crippen molar-refractivity contribution in [2.75, 3.05) is 5.75 Å².